The van der Waals surface area contributed by atoms with E-state index in [9.17, 15) is 4.79 Å². The number of methoxy groups -OCH3 is 1. The van der Waals surface area contributed by atoms with Crippen LogP contribution in [0.2, 0.25) is 5.02 Å². The molecule has 1 N–H and O–H groups in total. The molecule has 1 aromatic carbocycles. The Balaban J connectivity index is 1.56. The second-order valence-electron chi connectivity index (χ2n) is 7.93. The fraction of sp³-hybridized carbons (Fsp3) is 0.632. The summed E-state index contributed by atoms with van der Waals surface area (Å²) < 4.78 is 34.8. The molecule has 0 aromatic heterocycles. The lowest BCUT2D eigenvalue weighted by Crippen LogP contribution is -2.58. The summed E-state index contributed by atoms with van der Waals surface area (Å²) in [6.07, 6.45) is -3.29. The third-order valence-corrected chi connectivity index (χ3v) is 5.13. The molecular formula is C19H24ClNO7. The molecule has 3 aliphatic heterocycles. The lowest BCUT2D eigenvalue weighted by atomic mass is 9.98. The van der Waals surface area contributed by atoms with Crippen molar-refractivity contribution < 1.29 is 33.2 Å². The summed E-state index contributed by atoms with van der Waals surface area (Å²) in [5.41, 5.74) is 0.514. The van der Waals surface area contributed by atoms with Crippen LogP contribution in [-0.2, 0) is 28.5 Å². The van der Waals surface area contributed by atoms with Crippen molar-refractivity contribution in [2.45, 2.75) is 70.0 Å². The van der Waals surface area contributed by atoms with Crippen molar-refractivity contribution in [1.29, 1.82) is 0 Å². The summed E-state index contributed by atoms with van der Waals surface area (Å²) in [4.78, 5) is 13.0. The van der Waals surface area contributed by atoms with Crippen LogP contribution in [0.1, 0.15) is 27.7 Å². The average Bonchev–Trinajstić information content (AvgIpc) is 3.08. The highest BCUT2D eigenvalue weighted by molar-refractivity contribution is 6.32. The first-order valence-electron chi connectivity index (χ1n) is 9.10. The second kappa shape index (κ2) is 6.83. The molecule has 3 fully saturated rings. The zero-order valence-electron chi connectivity index (χ0n) is 16.4. The number of ether oxygens (including phenoxy) is 6. The molecule has 154 valence electrons. The summed E-state index contributed by atoms with van der Waals surface area (Å²) in [7, 11) is 1.52. The molecule has 1 amide bonds. The van der Waals surface area contributed by atoms with Crippen molar-refractivity contribution in [3.63, 3.8) is 0 Å². The number of hydrogen-bond donors (Lipinski definition) is 1. The minimum atomic E-state index is -0.939. The number of rotatable bonds is 3. The van der Waals surface area contributed by atoms with E-state index >= 15 is 0 Å². The van der Waals surface area contributed by atoms with Crippen LogP contribution in [-0.4, -0.2) is 55.3 Å². The minimum Gasteiger partial charge on any atom is -0.495 e. The highest BCUT2D eigenvalue weighted by Crippen LogP contribution is 2.44. The number of amides is 1. The maximum atomic E-state index is 13.0. The summed E-state index contributed by atoms with van der Waals surface area (Å²) in [6, 6.07) is 4.98. The second-order valence-corrected chi connectivity index (χ2v) is 8.34. The normalized spacial score (nSPS) is 35.1. The number of carbonyl (C=O) groups is 1. The zero-order valence-corrected chi connectivity index (χ0v) is 17.1. The van der Waals surface area contributed by atoms with Gasteiger partial charge >= 0.3 is 0 Å². The lowest BCUT2D eigenvalue weighted by molar-refractivity contribution is -0.229. The Kier molecular flexibility index (Phi) is 4.85. The molecular weight excluding hydrogens is 390 g/mol. The molecule has 3 saturated heterocycles. The topological polar surface area (TPSA) is 84.5 Å². The average molecular weight is 414 g/mol. The molecule has 3 aliphatic rings. The van der Waals surface area contributed by atoms with Gasteiger partial charge in [0.2, 0.25) is 0 Å². The third kappa shape index (κ3) is 3.60. The molecule has 0 bridgehead atoms. The maximum Gasteiger partial charge on any atom is 0.256 e. The molecule has 4 rings (SSSR count). The van der Waals surface area contributed by atoms with Gasteiger partial charge in [0.1, 0.15) is 24.1 Å². The fourth-order valence-corrected chi connectivity index (χ4v) is 4.04. The number of halogens is 1. The van der Waals surface area contributed by atoms with Gasteiger partial charge < -0.3 is 33.7 Å². The molecule has 8 nitrogen and oxygen atoms in total. The van der Waals surface area contributed by atoms with E-state index in [1.54, 1.807) is 45.9 Å². The molecule has 0 unspecified atom stereocenters. The first-order chi connectivity index (χ1) is 13.1. The van der Waals surface area contributed by atoms with Crippen LogP contribution in [0, 0.1) is 0 Å². The summed E-state index contributed by atoms with van der Waals surface area (Å²) in [5, 5.41) is 3.20. The van der Waals surface area contributed by atoms with Gasteiger partial charge in [0.25, 0.3) is 5.91 Å². The number of anilines is 1. The summed E-state index contributed by atoms with van der Waals surface area (Å²) in [5.74, 6) is -1.58. The minimum absolute atomic E-state index is 0.385. The molecule has 28 heavy (non-hydrogen) atoms. The van der Waals surface area contributed by atoms with Gasteiger partial charge in [-0.15, -0.1) is 0 Å². The van der Waals surface area contributed by atoms with Gasteiger partial charge in [-0.3, -0.25) is 4.79 Å². The number of hydrogen-bond acceptors (Lipinski definition) is 7. The van der Waals surface area contributed by atoms with E-state index in [4.69, 9.17) is 40.0 Å². The van der Waals surface area contributed by atoms with E-state index in [1.165, 1.54) is 7.11 Å². The molecule has 0 spiro atoms. The van der Waals surface area contributed by atoms with E-state index in [-0.39, 0.29) is 5.91 Å². The van der Waals surface area contributed by atoms with Crippen molar-refractivity contribution in [1.82, 2.24) is 0 Å². The Morgan fingerprint density at radius 3 is 2.36 bits per heavy atom. The Hall–Kier alpha value is -1.42. The quantitative estimate of drug-likeness (QED) is 0.815. The van der Waals surface area contributed by atoms with Crippen molar-refractivity contribution in [3.05, 3.63) is 23.2 Å². The van der Waals surface area contributed by atoms with E-state index in [0.717, 1.165) is 0 Å². The van der Waals surface area contributed by atoms with Gasteiger partial charge in [-0.1, -0.05) is 11.6 Å². The van der Waals surface area contributed by atoms with Crippen LogP contribution in [0.5, 0.6) is 5.75 Å². The monoisotopic (exact) mass is 413 g/mol. The number of nitrogens with one attached hydrogen (secondary N) is 1. The smallest absolute Gasteiger partial charge is 0.256 e. The Bertz CT molecular complexity index is 784. The van der Waals surface area contributed by atoms with Crippen molar-refractivity contribution in [2.75, 3.05) is 12.4 Å². The van der Waals surface area contributed by atoms with Gasteiger partial charge in [-0.2, -0.15) is 0 Å². The van der Waals surface area contributed by atoms with Crippen LogP contribution in [0.15, 0.2) is 18.2 Å². The van der Waals surface area contributed by atoms with Gasteiger partial charge in [0.05, 0.1) is 12.1 Å². The predicted molar refractivity (Wildman–Crippen MR) is 99.2 cm³/mol. The Labute approximate surface area is 168 Å². The van der Waals surface area contributed by atoms with Crippen LogP contribution >= 0.6 is 11.6 Å². The van der Waals surface area contributed by atoms with E-state index < -0.39 is 42.3 Å². The van der Waals surface area contributed by atoms with Crippen LogP contribution in [0.3, 0.4) is 0 Å². The molecule has 1 aromatic rings. The van der Waals surface area contributed by atoms with Gasteiger partial charge in [-0.05, 0) is 45.9 Å². The van der Waals surface area contributed by atoms with Crippen LogP contribution < -0.4 is 10.1 Å². The van der Waals surface area contributed by atoms with Gasteiger partial charge in [0.15, 0.2) is 24.0 Å². The van der Waals surface area contributed by atoms with E-state index in [1.807, 2.05) is 0 Å². The predicted octanol–water partition coefficient (Wildman–Crippen LogP) is 2.68. The van der Waals surface area contributed by atoms with Crippen LogP contribution in [0.4, 0.5) is 5.69 Å². The highest BCUT2D eigenvalue weighted by Gasteiger charge is 2.62. The SMILES string of the molecule is COc1ccc(NC(=O)[C@@H]2O[C@@H]3OC(C)(C)O[C@@H]3[C@@H]3OC(C)(C)O[C@H]32)cc1Cl. The standard InChI is InChI=1S/C19H24ClNO7/c1-18(2)25-12-13(26-18)15-17(28-19(3,4)27-15)24-14(12)16(22)21-9-6-7-11(23-5)10(20)8-9/h6-8,12-15,17H,1-5H3,(H,21,22)/t12-,13-,14-,15-,17-/m1/s1. The summed E-state index contributed by atoms with van der Waals surface area (Å²) >= 11 is 6.14. The van der Waals surface area contributed by atoms with Crippen molar-refractivity contribution >= 4 is 23.2 Å². The van der Waals surface area contributed by atoms with Crippen LogP contribution in [0.25, 0.3) is 0 Å². The molecule has 5 atom stereocenters. The lowest BCUT2D eigenvalue weighted by Gasteiger charge is -2.36. The van der Waals surface area contributed by atoms with E-state index in [2.05, 4.69) is 5.32 Å². The molecule has 0 aliphatic carbocycles. The molecule has 0 saturated carbocycles. The maximum absolute atomic E-state index is 13.0. The van der Waals surface area contributed by atoms with E-state index in [0.29, 0.717) is 16.5 Å². The zero-order chi connectivity index (χ0) is 20.3. The van der Waals surface area contributed by atoms with Gasteiger partial charge in [-0.25, -0.2) is 0 Å². The molecule has 9 heteroatoms. The Morgan fingerprint density at radius 2 is 1.68 bits per heavy atom. The van der Waals surface area contributed by atoms with Crippen molar-refractivity contribution in [3.8, 4) is 5.75 Å². The number of carbonyl (C=O) groups excluding carboxylic acids is 1. The molecule has 3 heterocycles. The summed E-state index contributed by atoms with van der Waals surface area (Å²) in [6.45, 7) is 7.16. The number of benzene rings is 1. The first-order valence-corrected chi connectivity index (χ1v) is 9.47. The van der Waals surface area contributed by atoms with Crippen molar-refractivity contribution in [2.24, 2.45) is 0 Å². The highest BCUT2D eigenvalue weighted by atomic mass is 35.5. The first kappa shape index (κ1) is 19.9. The fourth-order valence-electron chi connectivity index (χ4n) is 3.78. The number of fused-ring (bicyclic) bond motifs is 3. The largest absolute Gasteiger partial charge is 0.495 e. The molecule has 0 radical (unpaired) electrons. The Morgan fingerprint density at radius 1 is 1.04 bits per heavy atom. The third-order valence-electron chi connectivity index (χ3n) is 4.83. The van der Waals surface area contributed by atoms with Gasteiger partial charge in [0, 0.05) is 5.69 Å².